The van der Waals surface area contributed by atoms with Gasteiger partial charge in [-0.1, -0.05) is 19.1 Å². The van der Waals surface area contributed by atoms with Gasteiger partial charge in [-0.25, -0.2) is 0 Å². The number of carbonyl (C=O) groups excluding carboxylic acids is 1. The molecule has 0 aromatic heterocycles. The molecule has 2 rings (SSSR count). The van der Waals surface area contributed by atoms with E-state index in [4.69, 9.17) is 0 Å². The molecule has 0 radical (unpaired) electrons. The lowest BCUT2D eigenvalue weighted by Crippen LogP contribution is -2.36. The number of rotatable bonds is 1. The number of carbonyl (C=O) groups is 1. The van der Waals surface area contributed by atoms with Gasteiger partial charge in [-0.05, 0) is 38.5 Å². The maximum absolute atomic E-state index is 12.1. The third-order valence-electron chi connectivity index (χ3n) is 4.35. The van der Waals surface area contributed by atoms with Gasteiger partial charge in [-0.2, -0.15) is 0 Å². The highest BCUT2D eigenvalue weighted by Crippen LogP contribution is 2.63. The summed E-state index contributed by atoms with van der Waals surface area (Å²) in [5.74, 6) is 0.802. The van der Waals surface area contributed by atoms with Gasteiger partial charge in [-0.15, -0.1) is 0 Å². The van der Waals surface area contributed by atoms with Crippen LogP contribution >= 0.6 is 0 Å². The van der Waals surface area contributed by atoms with Crippen molar-refractivity contribution < 1.29 is 4.79 Å². The van der Waals surface area contributed by atoms with E-state index in [-0.39, 0.29) is 5.41 Å². The van der Waals surface area contributed by atoms with Crippen LogP contribution in [0.5, 0.6) is 0 Å². The van der Waals surface area contributed by atoms with Crippen LogP contribution in [-0.4, -0.2) is 5.78 Å². The quantitative estimate of drug-likeness (QED) is 0.564. The highest BCUT2D eigenvalue weighted by Gasteiger charge is 2.61. The van der Waals surface area contributed by atoms with Gasteiger partial charge in [0.2, 0.25) is 0 Å². The highest BCUT2D eigenvalue weighted by molar-refractivity contribution is 5.93. The van der Waals surface area contributed by atoms with E-state index in [1.807, 2.05) is 6.92 Å². The minimum absolute atomic E-state index is 0.208. The van der Waals surface area contributed by atoms with Crippen molar-refractivity contribution in [3.05, 3.63) is 12.2 Å². The molecule has 2 saturated carbocycles. The smallest absolute Gasteiger partial charge is 0.146 e. The van der Waals surface area contributed by atoms with Crippen LogP contribution in [0.4, 0.5) is 0 Å². The monoisotopic (exact) mass is 178 g/mol. The Balaban J connectivity index is 2.27. The molecule has 2 aliphatic rings. The van der Waals surface area contributed by atoms with Crippen molar-refractivity contribution in [2.45, 2.75) is 40.0 Å². The van der Waals surface area contributed by atoms with Crippen molar-refractivity contribution in [3.8, 4) is 0 Å². The molecule has 13 heavy (non-hydrogen) atoms. The Bertz CT molecular complexity index is 291. The second-order valence-electron chi connectivity index (χ2n) is 5.39. The summed E-state index contributed by atoms with van der Waals surface area (Å²) >= 11 is 0. The number of Topliss-reactive ketones (excluding diaryl/α,β-unsaturated/α-hetero) is 1. The first-order valence-corrected chi connectivity index (χ1v) is 5.10. The van der Waals surface area contributed by atoms with E-state index < -0.39 is 0 Å². The standard InChI is InChI=1S/C12H18O/c1-8(2)12(4)6-5-11(3)7-9(11)10(12)13/h9H,1,5-7H2,2-4H3. The highest BCUT2D eigenvalue weighted by atomic mass is 16.1. The first kappa shape index (κ1) is 8.98. The second-order valence-corrected chi connectivity index (χ2v) is 5.39. The fraction of sp³-hybridized carbons (Fsp3) is 0.750. The fourth-order valence-corrected chi connectivity index (χ4v) is 2.56. The summed E-state index contributed by atoms with van der Waals surface area (Å²) in [6.07, 6.45) is 3.33. The van der Waals surface area contributed by atoms with Crippen LogP contribution in [0.3, 0.4) is 0 Å². The van der Waals surface area contributed by atoms with E-state index in [9.17, 15) is 4.79 Å². The fourth-order valence-electron chi connectivity index (χ4n) is 2.56. The molecule has 0 bridgehead atoms. The van der Waals surface area contributed by atoms with Gasteiger partial charge >= 0.3 is 0 Å². The molecule has 0 aromatic rings. The van der Waals surface area contributed by atoms with Crippen LogP contribution < -0.4 is 0 Å². The Hall–Kier alpha value is -0.590. The normalized spacial score (nSPS) is 48.5. The Morgan fingerprint density at radius 2 is 2.08 bits per heavy atom. The Kier molecular flexibility index (Phi) is 1.56. The first-order chi connectivity index (χ1) is 5.90. The van der Waals surface area contributed by atoms with E-state index in [1.165, 1.54) is 6.42 Å². The van der Waals surface area contributed by atoms with Crippen molar-refractivity contribution in [3.63, 3.8) is 0 Å². The molecular formula is C12H18O. The summed E-state index contributed by atoms with van der Waals surface area (Å²) in [4.78, 5) is 12.1. The average Bonchev–Trinajstić information content (AvgIpc) is 2.72. The molecule has 0 aromatic carbocycles. The van der Waals surface area contributed by atoms with Crippen LogP contribution in [0, 0.1) is 16.7 Å². The molecule has 2 aliphatic carbocycles. The van der Waals surface area contributed by atoms with Crippen molar-refractivity contribution in [2.24, 2.45) is 16.7 Å². The zero-order chi connectivity index (χ0) is 9.85. The van der Waals surface area contributed by atoms with Gasteiger partial charge in [0.15, 0.2) is 0 Å². The number of hydrogen-bond donors (Lipinski definition) is 0. The van der Waals surface area contributed by atoms with E-state index in [2.05, 4.69) is 20.4 Å². The Morgan fingerprint density at radius 3 is 2.62 bits per heavy atom. The molecule has 2 fully saturated rings. The van der Waals surface area contributed by atoms with Crippen molar-refractivity contribution >= 4 is 5.78 Å². The molecule has 3 atom stereocenters. The van der Waals surface area contributed by atoms with Gasteiger partial charge in [-0.3, -0.25) is 4.79 Å². The van der Waals surface area contributed by atoms with E-state index in [0.717, 1.165) is 18.4 Å². The van der Waals surface area contributed by atoms with E-state index in [1.54, 1.807) is 0 Å². The van der Waals surface area contributed by atoms with Crippen LogP contribution in [0.2, 0.25) is 0 Å². The maximum atomic E-state index is 12.1. The van der Waals surface area contributed by atoms with Gasteiger partial charge in [0.05, 0.1) is 0 Å². The van der Waals surface area contributed by atoms with Crippen LogP contribution in [-0.2, 0) is 4.79 Å². The topological polar surface area (TPSA) is 17.1 Å². The summed E-state index contributed by atoms with van der Waals surface area (Å²) in [7, 11) is 0. The SMILES string of the molecule is C=C(C)C1(C)CCC2(C)CC2C1=O. The molecule has 0 aliphatic heterocycles. The number of ketones is 1. The van der Waals surface area contributed by atoms with Crippen molar-refractivity contribution in [2.75, 3.05) is 0 Å². The summed E-state index contributed by atoms with van der Waals surface area (Å²) < 4.78 is 0. The zero-order valence-electron chi connectivity index (χ0n) is 8.81. The number of fused-ring (bicyclic) bond motifs is 1. The van der Waals surface area contributed by atoms with E-state index >= 15 is 0 Å². The van der Waals surface area contributed by atoms with Gasteiger partial charge in [0, 0.05) is 11.3 Å². The third kappa shape index (κ3) is 1.02. The third-order valence-corrected chi connectivity index (χ3v) is 4.35. The molecule has 1 nitrogen and oxygen atoms in total. The molecular weight excluding hydrogens is 160 g/mol. The lowest BCUT2D eigenvalue weighted by Gasteiger charge is -2.34. The van der Waals surface area contributed by atoms with E-state index in [0.29, 0.717) is 17.1 Å². The Labute approximate surface area is 80.2 Å². The average molecular weight is 178 g/mol. The number of hydrogen-bond acceptors (Lipinski definition) is 1. The van der Waals surface area contributed by atoms with Crippen LogP contribution in [0.25, 0.3) is 0 Å². The molecule has 1 heteroatoms. The van der Waals surface area contributed by atoms with Gasteiger partial charge < -0.3 is 0 Å². The largest absolute Gasteiger partial charge is 0.298 e. The maximum Gasteiger partial charge on any atom is 0.146 e. The van der Waals surface area contributed by atoms with Crippen LogP contribution in [0.15, 0.2) is 12.2 Å². The predicted octanol–water partition coefficient (Wildman–Crippen LogP) is 2.96. The molecule has 72 valence electrons. The molecule has 0 amide bonds. The number of allylic oxidation sites excluding steroid dienone is 1. The summed E-state index contributed by atoms with van der Waals surface area (Å²) in [6.45, 7) is 10.3. The molecule has 0 spiro atoms. The van der Waals surface area contributed by atoms with Crippen LogP contribution in [0.1, 0.15) is 40.0 Å². The minimum Gasteiger partial charge on any atom is -0.298 e. The summed E-state index contributed by atoms with van der Waals surface area (Å²) in [5.41, 5.74) is 1.21. The van der Waals surface area contributed by atoms with Crippen molar-refractivity contribution in [1.29, 1.82) is 0 Å². The van der Waals surface area contributed by atoms with Crippen molar-refractivity contribution in [1.82, 2.24) is 0 Å². The lowest BCUT2D eigenvalue weighted by molar-refractivity contribution is -0.130. The molecule has 3 unspecified atom stereocenters. The zero-order valence-corrected chi connectivity index (χ0v) is 8.81. The predicted molar refractivity (Wildman–Crippen MR) is 53.4 cm³/mol. The lowest BCUT2D eigenvalue weighted by atomic mass is 9.68. The second kappa shape index (κ2) is 2.26. The first-order valence-electron chi connectivity index (χ1n) is 5.10. The van der Waals surface area contributed by atoms with Gasteiger partial charge in [0.25, 0.3) is 0 Å². The Morgan fingerprint density at radius 1 is 1.46 bits per heavy atom. The molecule has 0 saturated heterocycles. The molecule has 0 heterocycles. The van der Waals surface area contributed by atoms with Gasteiger partial charge in [0.1, 0.15) is 5.78 Å². The minimum atomic E-state index is -0.208. The summed E-state index contributed by atoms with van der Waals surface area (Å²) in [5, 5.41) is 0. The summed E-state index contributed by atoms with van der Waals surface area (Å²) in [6, 6.07) is 0. The molecule has 0 N–H and O–H groups in total.